The Bertz CT molecular complexity index is 1080. The average Bonchev–Trinajstić information content (AvgIpc) is 3.27. The first-order chi connectivity index (χ1) is 13.9. The van der Waals surface area contributed by atoms with Gasteiger partial charge < -0.3 is 10.1 Å². The molecule has 1 aromatic carbocycles. The Morgan fingerprint density at radius 3 is 2.83 bits per heavy atom. The molecule has 0 fully saturated rings. The number of ether oxygens (including phenoxy) is 1. The van der Waals surface area contributed by atoms with Crippen LogP contribution in [0, 0.1) is 12.8 Å². The van der Waals surface area contributed by atoms with Gasteiger partial charge in [0.15, 0.2) is 6.10 Å². The molecule has 1 aliphatic heterocycles. The smallest absolute Gasteiger partial charge is 0.268 e. The van der Waals surface area contributed by atoms with Crippen molar-refractivity contribution in [3.63, 3.8) is 0 Å². The zero-order valence-electron chi connectivity index (χ0n) is 16.9. The molecule has 152 valence electrons. The molecule has 0 aliphatic carbocycles. The SMILES string of the molecule is CNC(=O)C1CN(C(=O)c2cc3c(C)nn(CC(C)C)c3s2)c2ccccc2O1. The van der Waals surface area contributed by atoms with Gasteiger partial charge in [-0.1, -0.05) is 26.0 Å². The van der Waals surface area contributed by atoms with E-state index in [1.165, 1.54) is 11.3 Å². The van der Waals surface area contributed by atoms with Crippen LogP contribution in [-0.4, -0.2) is 41.3 Å². The lowest BCUT2D eigenvalue weighted by molar-refractivity contribution is -0.127. The van der Waals surface area contributed by atoms with Crippen LogP contribution in [0.3, 0.4) is 0 Å². The van der Waals surface area contributed by atoms with E-state index in [9.17, 15) is 9.59 Å². The summed E-state index contributed by atoms with van der Waals surface area (Å²) in [5.41, 5.74) is 1.59. The maximum atomic E-state index is 13.5. The lowest BCUT2D eigenvalue weighted by Gasteiger charge is -2.33. The number of hydrogen-bond acceptors (Lipinski definition) is 5. The second-order valence-corrected chi connectivity index (χ2v) is 8.63. The number of thiophene rings is 1. The molecular formula is C21H24N4O3S. The number of amides is 2. The maximum absolute atomic E-state index is 13.5. The monoisotopic (exact) mass is 412 g/mol. The fourth-order valence-corrected chi connectivity index (χ4v) is 4.66. The summed E-state index contributed by atoms with van der Waals surface area (Å²) in [6, 6.07) is 9.22. The highest BCUT2D eigenvalue weighted by Gasteiger charge is 2.34. The zero-order valence-corrected chi connectivity index (χ0v) is 17.7. The summed E-state index contributed by atoms with van der Waals surface area (Å²) in [5, 5.41) is 8.22. The van der Waals surface area contributed by atoms with Gasteiger partial charge in [0.1, 0.15) is 10.6 Å². The van der Waals surface area contributed by atoms with Crippen molar-refractivity contribution in [2.75, 3.05) is 18.5 Å². The minimum absolute atomic E-state index is 0.133. The predicted molar refractivity (Wildman–Crippen MR) is 114 cm³/mol. The van der Waals surface area contributed by atoms with E-state index in [0.717, 1.165) is 22.5 Å². The molecule has 8 heteroatoms. The van der Waals surface area contributed by atoms with Crippen LogP contribution in [0.1, 0.15) is 29.2 Å². The van der Waals surface area contributed by atoms with E-state index < -0.39 is 6.10 Å². The molecule has 3 heterocycles. The quantitative estimate of drug-likeness (QED) is 0.714. The van der Waals surface area contributed by atoms with Crippen LogP contribution in [0.25, 0.3) is 10.2 Å². The highest BCUT2D eigenvalue weighted by atomic mass is 32.1. The number of aromatic nitrogens is 2. The van der Waals surface area contributed by atoms with Gasteiger partial charge in [-0.25, -0.2) is 0 Å². The van der Waals surface area contributed by atoms with E-state index in [2.05, 4.69) is 24.3 Å². The largest absolute Gasteiger partial charge is 0.477 e. The molecule has 0 saturated heterocycles. The molecule has 1 N–H and O–H groups in total. The molecule has 0 bridgehead atoms. The van der Waals surface area contributed by atoms with Crippen LogP contribution in [0.2, 0.25) is 0 Å². The Hall–Kier alpha value is -2.87. The number of likely N-dealkylation sites (N-methyl/N-ethyl adjacent to an activating group) is 1. The lowest BCUT2D eigenvalue weighted by atomic mass is 10.1. The Labute approximate surface area is 173 Å². The van der Waals surface area contributed by atoms with E-state index in [0.29, 0.717) is 22.2 Å². The summed E-state index contributed by atoms with van der Waals surface area (Å²) in [4.78, 5) is 28.9. The normalized spacial score (nSPS) is 16.0. The van der Waals surface area contributed by atoms with Crippen molar-refractivity contribution in [1.82, 2.24) is 15.1 Å². The maximum Gasteiger partial charge on any atom is 0.268 e. The van der Waals surface area contributed by atoms with Crippen molar-refractivity contribution >= 4 is 39.1 Å². The van der Waals surface area contributed by atoms with Crippen LogP contribution < -0.4 is 15.0 Å². The van der Waals surface area contributed by atoms with E-state index in [-0.39, 0.29) is 18.4 Å². The number of nitrogens with one attached hydrogen (secondary N) is 1. The second-order valence-electron chi connectivity index (χ2n) is 7.60. The van der Waals surface area contributed by atoms with Crippen molar-refractivity contribution in [1.29, 1.82) is 0 Å². The van der Waals surface area contributed by atoms with Crippen LogP contribution >= 0.6 is 11.3 Å². The van der Waals surface area contributed by atoms with Crippen molar-refractivity contribution in [2.45, 2.75) is 33.4 Å². The van der Waals surface area contributed by atoms with Gasteiger partial charge in [0.2, 0.25) is 0 Å². The molecule has 0 spiro atoms. The third-order valence-electron chi connectivity index (χ3n) is 4.91. The number of fused-ring (bicyclic) bond motifs is 2. The van der Waals surface area contributed by atoms with Crippen molar-refractivity contribution in [2.24, 2.45) is 5.92 Å². The first-order valence-corrected chi connectivity index (χ1v) is 10.5. The van der Waals surface area contributed by atoms with E-state index in [1.807, 2.05) is 35.9 Å². The van der Waals surface area contributed by atoms with Crippen molar-refractivity contribution in [3.8, 4) is 5.75 Å². The lowest BCUT2D eigenvalue weighted by Crippen LogP contribution is -2.50. The first kappa shape index (κ1) is 19.4. The third kappa shape index (κ3) is 3.48. The summed E-state index contributed by atoms with van der Waals surface area (Å²) >= 11 is 1.45. The molecule has 1 aliphatic rings. The van der Waals surface area contributed by atoms with Crippen LogP contribution in [0.5, 0.6) is 5.75 Å². The van der Waals surface area contributed by atoms with Gasteiger partial charge in [-0.3, -0.25) is 19.2 Å². The number of anilines is 1. The molecule has 0 radical (unpaired) electrons. The number of carbonyl (C=O) groups is 2. The topological polar surface area (TPSA) is 76.5 Å². The number of benzene rings is 1. The number of hydrogen-bond donors (Lipinski definition) is 1. The predicted octanol–water partition coefficient (Wildman–Crippen LogP) is 3.22. The second kappa shape index (κ2) is 7.51. The number of rotatable bonds is 4. The molecule has 2 aromatic heterocycles. The summed E-state index contributed by atoms with van der Waals surface area (Å²) in [6.07, 6.45) is -0.744. The van der Waals surface area contributed by atoms with Crippen LogP contribution in [0.15, 0.2) is 30.3 Å². The molecular weight excluding hydrogens is 388 g/mol. The van der Waals surface area contributed by atoms with Crippen LogP contribution in [-0.2, 0) is 11.3 Å². The molecule has 1 atom stereocenters. The number of aryl methyl sites for hydroxylation is 1. The molecule has 2 amide bonds. The Morgan fingerprint density at radius 1 is 1.34 bits per heavy atom. The summed E-state index contributed by atoms with van der Waals surface area (Å²) in [7, 11) is 1.56. The standard InChI is InChI=1S/C21H24N4O3S/c1-12(2)10-25-21-14(13(3)23-25)9-18(29-21)20(27)24-11-17(19(26)22-4)28-16-8-6-5-7-15(16)24/h5-9,12,17H,10-11H2,1-4H3,(H,22,26). The minimum Gasteiger partial charge on any atom is -0.477 e. The zero-order chi connectivity index (χ0) is 20.7. The third-order valence-corrected chi connectivity index (χ3v) is 6.05. The first-order valence-electron chi connectivity index (χ1n) is 9.65. The van der Waals surface area contributed by atoms with Gasteiger partial charge in [0.05, 0.1) is 22.8 Å². The number of nitrogens with zero attached hydrogens (tertiary/aromatic N) is 3. The van der Waals surface area contributed by atoms with Crippen molar-refractivity contribution < 1.29 is 14.3 Å². The molecule has 4 rings (SSSR count). The number of carbonyl (C=O) groups excluding carboxylic acids is 2. The molecule has 3 aromatic rings. The Morgan fingerprint density at radius 2 is 2.10 bits per heavy atom. The highest BCUT2D eigenvalue weighted by molar-refractivity contribution is 7.20. The van der Waals surface area contributed by atoms with Gasteiger partial charge in [-0.15, -0.1) is 11.3 Å². The van der Waals surface area contributed by atoms with Gasteiger partial charge >= 0.3 is 0 Å². The summed E-state index contributed by atoms with van der Waals surface area (Å²) < 4.78 is 7.79. The summed E-state index contributed by atoms with van der Waals surface area (Å²) in [6.45, 7) is 7.22. The molecule has 7 nitrogen and oxygen atoms in total. The molecule has 29 heavy (non-hydrogen) atoms. The average molecular weight is 413 g/mol. The fourth-order valence-electron chi connectivity index (χ4n) is 3.54. The number of para-hydroxylation sites is 2. The molecule has 0 saturated carbocycles. The van der Waals surface area contributed by atoms with Gasteiger partial charge in [0.25, 0.3) is 11.8 Å². The van der Waals surface area contributed by atoms with E-state index >= 15 is 0 Å². The fraction of sp³-hybridized carbons (Fsp3) is 0.381. The minimum atomic E-state index is -0.744. The highest BCUT2D eigenvalue weighted by Crippen LogP contribution is 2.36. The summed E-state index contributed by atoms with van der Waals surface area (Å²) in [5.74, 6) is 0.602. The van der Waals surface area contributed by atoms with E-state index in [1.54, 1.807) is 18.0 Å². The molecule has 1 unspecified atom stereocenters. The van der Waals surface area contributed by atoms with E-state index in [4.69, 9.17) is 4.74 Å². The van der Waals surface area contributed by atoms with Gasteiger partial charge in [-0.2, -0.15) is 5.10 Å². The Kier molecular flexibility index (Phi) is 5.04. The van der Waals surface area contributed by atoms with Gasteiger partial charge in [-0.05, 0) is 31.0 Å². The van der Waals surface area contributed by atoms with Crippen LogP contribution in [0.4, 0.5) is 5.69 Å². The van der Waals surface area contributed by atoms with Gasteiger partial charge in [0, 0.05) is 19.0 Å². The van der Waals surface area contributed by atoms with Crippen molar-refractivity contribution in [3.05, 3.63) is 40.9 Å². The Balaban J connectivity index is 1.72.